The molecule has 0 spiro atoms. The van der Waals surface area contributed by atoms with Crippen molar-refractivity contribution in [2.75, 3.05) is 19.6 Å². The van der Waals surface area contributed by atoms with Gasteiger partial charge in [-0.25, -0.2) is 0 Å². The van der Waals surface area contributed by atoms with Gasteiger partial charge in [0, 0.05) is 24.7 Å². The molecule has 0 aromatic heterocycles. The molecule has 1 aliphatic rings. The molecule has 4 nitrogen and oxygen atoms in total. The standard InChI is InChI=1S/C19H32N4/c1-15-9-8-12-23(13-15)18(20)21-14-19(3,4)22-16(2)17-10-6-5-7-11-17/h5-7,10-11,15-16,22H,8-9,12-14H2,1-4H3,(H2,20,21). The van der Waals surface area contributed by atoms with Gasteiger partial charge in [0.15, 0.2) is 5.96 Å². The van der Waals surface area contributed by atoms with E-state index in [1.807, 2.05) is 6.07 Å². The average Bonchev–Trinajstić information content (AvgIpc) is 2.53. The topological polar surface area (TPSA) is 53.6 Å². The number of piperidine rings is 1. The molecule has 0 saturated carbocycles. The summed E-state index contributed by atoms with van der Waals surface area (Å²) in [4.78, 5) is 6.89. The number of aliphatic imine (C=N–C) groups is 1. The number of likely N-dealkylation sites (tertiary alicyclic amines) is 1. The van der Waals surface area contributed by atoms with E-state index >= 15 is 0 Å². The van der Waals surface area contributed by atoms with E-state index in [1.54, 1.807) is 0 Å². The lowest BCUT2D eigenvalue weighted by atomic mass is 10.0. The molecule has 2 atom stereocenters. The Balaban J connectivity index is 1.91. The molecular weight excluding hydrogens is 284 g/mol. The van der Waals surface area contributed by atoms with Crippen LogP contribution >= 0.6 is 0 Å². The van der Waals surface area contributed by atoms with Crippen molar-refractivity contribution in [1.82, 2.24) is 10.2 Å². The molecule has 1 saturated heterocycles. The summed E-state index contributed by atoms with van der Waals surface area (Å²) in [5, 5.41) is 3.66. The van der Waals surface area contributed by atoms with Gasteiger partial charge >= 0.3 is 0 Å². The molecule has 1 aliphatic heterocycles. The second kappa shape index (κ2) is 7.82. The van der Waals surface area contributed by atoms with Crippen molar-refractivity contribution < 1.29 is 0 Å². The highest BCUT2D eigenvalue weighted by molar-refractivity contribution is 5.78. The van der Waals surface area contributed by atoms with Gasteiger partial charge in [-0.05, 0) is 45.1 Å². The number of nitrogens with zero attached hydrogens (tertiary/aromatic N) is 2. The zero-order valence-corrected chi connectivity index (χ0v) is 15.0. The number of guanidine groups is 1. The van der Waals surface area contributed by atoms with Gasteiger partial charge in [0.05, 0.1) is 6.54 Å². The molecule has 0 aliphatic carbocycles. The Kier molecular flexibility index (Phi) is 6.05. The van der Waals surface area contributed by atoms with Crippen LogP contribution in [0.2, 0.25) is 0 Å². The molecule has 0 radical (unpaired) electrons. The third-order valence-electron chi connectivity index (χ3n) is 4.52. The van der Waals surface area contributed by atoms with E-state index < -0.39 is 0 Å². The monoisotopic (exact) mass is 316 g/mol. The predicted octanol–water partition coefficient (Wildman–Crippen LogP) is 3.16. The quantitative estimate of drug-likeness (QED) is 0.648. The lowest BCUT2D eigenvalue weighted by Gasteiger charge is -2.33. The summed E-state index contributed by atoms with van der Waals surface area (Å²) in [5.41, 5.74) is 7.41. The molecule has 2 rings (SSSR count). The molecule has 3 N–H and O–H groups in total. The Morgan fingerprint density at radius 1 is 1.39 bits per heavy atom. The van der Waals surface area contributed by atoms with Crippen molar-refractivity contribution >= 4 is 5.96 Å². The predicted molar refractivity (Wildman–Crippen MR) is 98.5 cm³/mol. The Morgan fingerprint density at radius 2 is 2.09 bits per heavy atom. The normalized spacial score (nSPS) is 21.3. The smallest absolute Gasteiger partial charge is 0.191 e. The molecule has 4 heteroatoms. The maximum atomic E-state index is 6.21. The van der Waals surface area contributed by atoms with E-state index in [0.29, 0.717) is 18.4 Å². The Bertz CT molecular complexity index is 509. The number of nitrogens with two attached hydrogens (primary N) is 1. The van der Waals surface area contributed by atoms with Crippen LogP contribution in [0.4, 0.5) is 0 Å². The number of hydrogen-bond donors (Lipinski definition) is 2. The van der Waals surface area contributed by atoms with Crippen molar-refractivity contribution in [2.45, 2.75) is 52.1 Å². The van der Waals surface area contributed by atoms with Crippen LogP contribution < -0.4 is 11.1 Å². The minimum Gasteiger partial charge on any atom is -0.370 e. The van der Waals surface area contributed by atoms with Crippen molar-refractivity contribution in [3.8, 4) is 0 Å². The molecule has 0 amide bonds. The molecule has 0 bridgehead atoms. The van der Waals surface area contributed by atoms with Crippen molar-refractivity contribution in [3.05, 3.63) is 35.9 Å². The summed E-state index contributed by atoms with van der Waals surface area (Å²) in [6.45, 7) is 11.6. The van der Waals surface area contributed by atoms with E-state index in [4.69, 9.17) is 5.73 Å². The molecule has 1 fully saturated rings. The first-order valence-electron chi connectivity index (χ1n) is 8.75. The Morgan fingerprint density at radius 3 is 2.74 bits per heavy atom. The van der Waals surface area contributed by atoms with Crippen molar-refractivity contribution in [1.29, 1.82) is 0 Å². The van der Waals surface area contributed by atoms with Crippen LogP contribution in [0.15, 0.2) is 35.3 Å². The van der Waals surface area contributed by atoms with E-state index in [0.717, 1.165) is 13.1 Å². The fraction of sp³-hybridized carbons (Fsp3) is 0.632. The largest absolute Gasteiger partial charge is 0.370 e. The molecular formula is C19H32N4. The molecule has 1 aromatic carbocycles. The third-order valence-corrected chi connectivity index (χ3v) is 4.52. The summed E-state index contributed by atoms with van der Waals surface area (Å²) in [6, 6.07) is 10.8. The number of rotatable bonds is 5. The Labute approximate surface area is 141 Å². The maximum Gasteiger partial charge on any atom is 0.191 e. The van der Waals surface area contributed by atoms with E-state index in [2.05, 4.69) is 67.2 Å². The zero-order valence-electron chi connectivity index (χ0n) is 15.0. The summed E-state index contributed by atoms with van der Waals surface area (Å²) in [6.07, 6.45) is 2.51. The number of nitrogens with one attached hydrogen (secondary N) is 1. The highest BCUT2D eigenvalue weighted by atomic mass is 15.3. The van der Waals surface area contributed by atoms with Crippen LogP contribution in [0.3, 0.4) is 0 Å². The van der Waals surface area contributed by atoms with Gasteiger partial charge in [-0.2, -0.15) is 0 Å². The van der Waals surface area contributed by atoms with Crippen LogP contribution in [0, 0.1) is 5.92 Å². The summed E-state index contributed by atoms with van der Waals surface area (Å²) in [7, 11) is 0. The van der Waals surface area contributed by atoms with Crippen LogP contribution in [-0.2, 0) is 0 Å². The molecule has 23 heavy (non-hydrogen) atoms. The van der Waals surface area contributed by atoms with E-state index in [9.17, 15) is 0 Å². The highest BCUT2D eigenvalue weighted by Gasteiger charge is 2.22. The molecule has 1 aromatic rings. The second-order valence-corrected chi connectivity index (χ2v) is 7.53. The van der Waals surface area contributed by atoms with Crippen LogP contribution in [0.5, 0.6) is 0 Å². The Hall–Kier alpha value is -1.55. The van der Waals surface area contributed by atoms with Gasteiger partial charge in [-0.15, -0.1) is 0 Å². The second-order valence-electron chi connectivity index (χ2n) is 7.53. The molecule has 2 unspecified atom stereocenters. The van der Waals surface area contributed by atoms with Crippen LogP contribution in [0.1, 0.15) is 52.1 Å². The third kappa shape index (κ3) is 5.54. The first-order chi connectivity index (χ1) is 10.9. The van der Waals surface area contributed by atoms with Gasteiger partial charge in [-0.3, -0.25) is 4.99 Å². The molecule has 128 valence electrons. The zero-order chi connectivity index (χ0) is 16.9. The lowest BCUT2D eigenvalue weighted by Crippen LogP contribution is -2.47. The lowest BCUT2D eigenvalue weighted by molar-refractivity contribution is 0.269. The minimum absolute atomic E-state index is 0.0960. The first kappa shape index (κ1) is 17.8. The van der Waals surface area contributed by atoms with Gasteiger partial charge in [0.1, 0.15) is 0 Å². The van der Waals surface area contributed by atoms with Crippen molar-refractivity contribution in [2.24, 2.45) is 16.6 Å². The fourth-order valence-corrected chi connectivity index (χ4v) is 3.23. The average molecular weight is 316 g/mol. The minimum atomic E-state index is -0.0960. The SMILES string of the molecule is CC1CCCN(C(N)=NCC(C)(C)NC(C)c2ccccc2)C1. The summed E-state index contributed by atoms with van der Waals surface area (Å²) >= 11 is 0. The van der Waals surface area contributed by atoms with Gasteiger partial charge in [0.25, 0.3) is 0 Å². The first-order valence-corrected chi connectivity index (χ1v) is 8.75. The number of benzene rings is 1. The van der Waals surface area contributed by atoms with E-state index in [-0.39, 0.29) is 11.6 Å². The molecule has 1 heterocycles. The van der Waals surface area contributed by atoms with E-state index in [1.165, 1.54) is 18.4 Å². The van der Waals surface area contributed by atoms with Gasteiger partial charge < -0.3 is 16.0 Å². The highest BCUT2D eigenvalue weighted by Crippen LogP contribution is 2.17. The maximum absolute atomic E-state index is 6.21. The van der Waals surface area contributed by atoms with Crippen LogP contribution in [-0.4, -0.2) is 36.0 Å². The fourth-order valence-electron chi connectivity index (χ4n) is 3.23. The number of hydrogen-bond acceptors (Lipinski definition) is 2. The van der Waals surface area contributed by atoms with Gasteiger partial charge in [0.2, 0.25) is 0 Å². The van der Waals surface area contributed by atoms with Gasteiger partial charge in [-0.1, -0.05) is 37.3 Å². The van der Waals surface area contributed by atoms with Crippen molar-refractivity contribution in [3.63, 3.8) is 0 Å². The summed E-state index contributed by atoms with van der Waals surface area (Å²) in [5.74, 6) is 1.40. The summed E-state index contributed by atoms with van der Waals surface area (Å²) < 4.78 is 0. The van der Waals surface area contributed by atoms with Crippen LogP contribution in [0.25, 0.3) is 0 Å².